The molecule has 0 saturated heterocycles. The summed E-state index contributed by atoms with van der Waals surface area (Å²) in [5, 5.41) is 0. The van der Waals surface area contributed by atoms with Crippen molar-refractivity contribution >= 4 is 19.8 Å². The highest BCUT2D eigenvalue weighted by Crippen LogP contribution is 2.36. The molecule has 9 heteroatoms. The minimum Gasteiger partial charge on any atom is -0.462 e. The van der Waals surface area contributed by atoms with Gasteiger partial charge in [-0.15, -0.1) is 0 Å². The van der Waals surface area contributed by atoms with E-state index in [4.69, 9.17) is 19.3 Å². The van der Waals surface area contributed by atoms with Gasteiger partial charge in [-0.3, -0.25) is 14.1 Å². The highest BCUT2D eigenvalue weighted by molar-refractivity contribution is 7.46. The third kappa shape index (κ3) is 38.8. The largest absolute Gasteiger partial charge is 0.469 e. The Morgan fingerprint density at radius 1 is 0.520 bits per heavy atom. The Labute approximate surface area is 305 Å². The Morgan fingerprint density at radius 3 is 1.40 bits per heavy atom. The second kappa shape index (κ2) is 36.8. The van der Waals surface area contributed by atoms with Crippen LogP contribution < -0.4 is 0 Å². The van der Waals surface area contributed by atoms with Crippen LogP contribution in [0.1, 0.15) is 181 Å². The van der Waals surface area contributed by atoms with Crippen molar-refractivity contribution in [1.29, 1.82) is 0 Å². The van der Waals surface area contributed by atoms with Gasteiger partial charge in [-0.05, 0) is 51.4 Å². The van der Waals surface area contributed by atoms with Crippen LogP contribution in [0, 0.1) is 0 Å². The topological polar surface area (TPSA) is 119 Å². The normalized spacial score (nSPS) is 13.0. The number of carbonyl (C=O) groups excluding carboxylic acids is 2. The Balaban J connectivity index is 4.04. The van der Waals surface area contributed by atoms with E-state index in [1.165, 1.54) is 103 Å². The fraction of sp³-hybridized carbons (Fsp3) is 0.756. The summed E-state index contributed by atoms with van der Waals surface area (Å²) >= 11 is 0. The van der Waals surface area contributed by atoms with Crippen LogP contribution in [0.25, 0.3) is 0 Å². The van der Waals surface area contributed by atoms with Gasteiger partial charge < -0.3 is 19.3 Å². The molecule has 1 atom stereocenters. The minimum absolute atomic E-state index is 0.136. The summed E-state index contributed by atoms with van der Waals surface area (Å²) < 4.78 is 26.2. The molecule has 0 aliphatic rings. The number of carbonyl (C=O) groups is 2. The molecule has 0 bridgehead atoms. The first-order chi connectivity index (χ1) is 24.3. The zero-order valence-electron chi connectivity index (χ0n) is 31.8. The SMILES string of the molecule is CCCCCCCCC/C=C/C/C=C/C/C=C/C/C=C/CCCC(=O)O[C@H](COC(=O)CCCCCCCCCCCCC)COP(=O)(O)O. The first-order valence-corrected chi connectivity index (χ1v) is 21.5. The van der Waals surface area contributed by atoms with Crippen molar-refractivity contribution in [3.05, 3.63) is 48.6 Å². The Bertz CT molecular complexity index is 952. The van der Waals surface area contributed by atoms with Crippen LogP contribution in [-0.2, 0) is 28.2 Å². The zero-order chi connectivity index (χ0) is 36.8. The summed E-state index contributed by atoms with van der Waals surface area (Å²) in [5.41, 5.74) is 0. The van der Waals surface area contributed by atoms with Crippen LogP contribution in [-0.4, -0.2) is 41.0 Å². The van der Waals surface area contributed by atoms with Crippen LogP contribution in [0.4, 0.5) is 0 Å². The number of allylic oxidation sites excluding steroid dienone is 8. The molecular weight excluding hydrogens is 651 g/mol. The summed E-state index contributed by atoms with van der Waals surface area (Å²) in [4.78, 5) is 42.7. The number of rotatable bonds is 36. The molecule has 50 heavy (non-hydrogen) atoms. The lowest BCUT2D eigenvalue weighted by atomic mass is 10.1. The first-order valence-electron chi connectivity index (χ1n) is 19.9. The number of hydrogen-bond acceptors (Lipinski definition) is 6. The standard InChI is InChI=1S/C41H73O8P/c1-3-5-7-9-11-13-15-16-17-18-19-20-21-22-23-24-26-28-30-32-34-36-41(43)49-39(38-48-50(44,45)46)37-47-40(42)35-33-31-29-27-25-14-12-10-8-6-4-2/h17-18,20-21,23-24,28,30,39H,3-16,19,22,25-27,29,31-38H2,1-2H3,(H2,44,45,46)/b18-17+,21-20+,24-23+,30-28+/t39-/m1/s1. The van der Waals surface area contributed by atoms with Gasteiger partial charge in [0, 0.05) is 12.8 Å². The van der Waals surface area contributed by atoms with Crippen molar-refractivity contribution in [3.63, 3.8) is 0 Å². The van der Waals surface area contributed by atoms with E-state index in [0.717, 1.165) is 38.5 Å². The van der Waals surface area contributed by atoms with E-state index in [2.05, 4.69) is 60.9 Å². The number of esters is 2. The van der Waals surface area contributed by atoms with Gasteiger partial charge in [0.2, 0.25) is 0 Å². The van der Waals surface area contributed by atoms with E-state index in [0.29, 0.717) is 12.8 Å². The average molecular weight is 725 g/mol. The number of phosphoric ester groups is 1. The van der Waals surface area contributed by atoms with Crippen LogP contribution in [0.5, 0.6) is 0 Å². The summed E-state index contributed by atoms with van der Waals surface area (Å²) in [5.74, 6) is -0.951. The van der Waals surface area contributed by atoms with E-state index >= 15 is 0 Å². The predicted octanol–water partition coefficient (Wildman–Crippen LogP) is 12.0. The molecule has 290 valence electrons. The fourth-order valence-corrected chi connectivity index (χ4v) is 5.73. The molecule has 0 amide bonds. The minimum atomic E-state index is -4.76. The van der Waals surface area contributed by atoms with E-state index in [1.807, 2.05) is 6.08 Å². The number of hydrogen-bond donors (Lipinski definition) is 2. The molecule has 0 fully saturated rings. The lowest BCUT2D eigenvalue weighted by Crippen LogP contribution is -2.29. The molecule has 0 saturated carbocycles. The number of phosphoric acid groups is 1. The van der Waals surface area contributed by atoms with Gasteiger partial charge in [0.05, 0.1) is 6.61 Å². The maximum Gasteiger partial charge on any atom is 0.469 e. The van der Waals surface area contributed by atoms with Gasteiger partial charge in [-0.2, -0.15) is 0 Å². The first kappa shape index (κ1) is 48.0. The lowest BCUT2D eigenvalue weighted by Gasteiger charge is -2.18. The lowest BCUT2D eigenvalue weighted by molar-refractivity contribution is -0.161. The molecule has 8 nitrogen and oxygen atoms in total. The molecule has 0 aromatic rings. The van der Waals surface area contributed by atoms with Crippen LogP contribution in [0.3, 0.4) is 0 Å². The van der Waals surface area contributed by atoms with Gasteiger partial charge in [-0.25, -0.2) is 4.57 Å². The highest BCUT2D eigenvalue weighted by Gasteiger charge is 2.22. The van der Waals surface area contributed by atoms with Crippen LogP contribution in [0.15, 0.2) is 48.6 Å². The maximum absolute atomic E-state index is 12.3. The van der Waals surface area contributed by atoms with Crippen LogP contribution >= 0.6 is 7.82 Å². The summed E-state index contributed by atoms with van der Waals surface area (Å²) in [6.45, 7) is 3.62. The highest BCUT2D eigenvalue weighted by atomic mass is 31.2. The molecule has 0 spiro atoms. The van der Waals surface area contributed by atoms with E-state index in [-0.39, 0.29) is 19.4 Å². The van der Waals surface area contributed by atoms with E-state index < -0.39 is 32.5 Å². The quantitative estimate of drug-likeness (QED) is 0.0284. The van der Waals surface area contributed by atoms with Gasteiger partial charge in [0.15, 0.2) is 6.10 Å². The van der Waals surface area contributed by atoms with Crippen molar-refractivity contribution < 1.29 is 37.9 Å². The fourth-order valence-electron chi connectivity index (χ4n) is 5.37. The summed E-state index contributed by atoms with van der Waals surface area (Å²) in [7, 11) is -4.76. The molecule has 0 heterocycles. The molecule has 2 N–H and O–H groups in total. The molecule has 0 aromatic carbocycles. The van der Waals surface area contributed by atoms with E-state index in [1.54, 1.807) is 0 Å². The van der Waals surface area contributed by atoms with Gasteiger partial charge in [-0.1, -0.05) is 165 Å². The summed E-state index contributed by atoms with van der Waals surface area (Å²) in [6.07, 6.45) is 44.2. The predicted molar refractivity (Wildman–Crippen MR) is 207 cm³/mol. The number of unbranched alkanes of at least 4 members (excludes halogenated alkanes) is 18. The van der Waals surface area contributed by atoms with Crippen molar-refractivity contribution in [2.45, 2.75) is 187 Å². The van der Waals surface area contributed by atoms with Gasteiger partial charge in [0.1, 0.15) is 6.61 Å². The van der Waals surface area contributed by atoms with Crippen molar-refractivity contribution in [2.24, 2.45) is 0 Å². The van der Waals surface area contributed by atoms with Crippen LogP contribution in [0.2, 0.25) is 0 Å². The molecular formula is C41H73O8P. The molecule has 0 radical (unpaired) electrons. The van der Waals surface area contributed by atoms with E-state index in [9.17, 15) is 14.2 Å². The molecule has 0 aliphatic carbocycles. The monoisotopic (exact) mass is 725 g/mol. The van der Waals surface area contributed by atoms with Crippen molar-refractivity contribution in [1.82, 2.24) is 0 Å². The average Bonchev–Trinajstić information content (AvgIpc) is 3.08. The third-order valence-corrected chi connectivity index (χ3v) is 8.84. The van der Waals surface area contributed by atoms with Crippen molar-refractivity contribution in [3.8, 4) is 0 Å². The van der Waals surface area contributed by atoms with Gasteiger partial charge >= 0.3 is 19.8 Å². The smallest absolute Gasteiger partial charge is 0.462 e. The zero-order valence-corrected chi connectivity index (χ0v) is 32.7. The third-order valence-electron chi connectivity index (χ3n) is 8.35. The maximum atomic E-state index is 12.3. The summed E-state index contributed by atoms with van der Waals surface area (Å²) in [6, 6.07) is 0. The molecule has 0 rings (SSSR count). The van der Waals surface area contributed by atoms with Gasteiger partial charge in [0.25, 0.3) is 0 Å². The second-order valence-corrected chi connectivity index (χ2v) is 14.5. The Morgan fingerprint density at radius 2 is 0.920 bits per heavy atom. The second-order valence-electron chi connectivity index (χ2n) is 13.3. The molecule has 0 aliphatic heterocycles. The Kier molecular flexibility index (Phi) is 35.3. The molecule has 0 aromatic heterocycles. The van der Waals surface area contributed by atoms with Crippen molar-refractivity contribution in [2.75, 3.05) is 13.2 Å². The Hall–Kier alpha value is -1.99. The number of ether oxygens (including phenoxy) is 2. The molecule has 0 unspecified atom stereocenters.